The first-order valence-corrected chi connectivity index (χ1v) is 9.08. The van der Waals surface area contributed by atoms with Crippen LogP contribution in [0.3, 0.4) is 0 Å². The average Bonchev–Trinajstić information content (AvgIpc) is 2.54. The van der Waals surface area contributed by atoms with Gasteiger partial charge in [-0.3, -0.25) is 4.72 Å². The summed E-state index contributed by atoms with van der Waals surface area (Å²) in [7, 11) is -3.81. The number of carbonyl (C=O) groups excluding carboxylic acids is 1. The molecule has 7 heteroatoms. The number of carboxylic acid groups (broad SMARTS) is 1. The molecule has 0 aliphatic heterocycles. The number of nitrogens with one attached hydrogen (secondary N) is 1. The molecule has 23 heavy (non-hydrogen) atoms. The van der Waals surface area contributed by atoms with Crippen molar-refractivity contribution in [3.8, 4) is 0 Å². The van der Waals surface area contributed by atoms with Crippen molar-refractivity contribution in [3.05, 3.63) is 66.7 Å². The number of sulfonamides is 1. The molecule has 0 unspecified atom stereocenters. The zero-order valence-corrected chi connectivity index (χ0v) is 13.7. The number of anilines is 1. The summed E-state index contributed by atoms with van der Waals surface area (Å²) in [5, 5.41) is 10.7. The summed E-state index contributed by atoms with van der Waals surface area (Å²) in [6.07, 6.45) is 1.73. The van der Waals surface area contributed by atoms with Gasteiger partial charge < -0.3 is 9.90 Å². The summed E-state index contributed by atoms with van der Waals surface area (Å²) in [5.74, 6) is -0.702. The van der Waals surface area contributed by atoms with Crippen LogP contribution in [0.4, 0.5) is 5.69 Å². The first-order chi connectivity index (χ1) is 10.9. The third-order valence-corrected chi connectivity index (χ3v) is 5.34. The van der Waals surface area contributed by atoms with E-state index in [0.29, 0.717) is 11.4 Å². The molecule has 0 aliphatic rings. The molecule has 0 saturated carbocycles. The molecule has 0 saturated heterocycles. The lowest BCUT2D eigenvalue weighted by Gasteiger charge is -2.12. The minimum Gasteiger partial charge on any atom is -0.545 e. The first-order valence-electron chi connectivity index (χ1n) is 6.61. The molecule has 1 N–H and O–H groups in total. The highest BCUT2D eigenvalue weighted by atomic mass is 32.2. The van der Waals surface area contributed by atoms with Gasteiger partial charge in [0.1, 0.15) is 0 Å². The third-order valence-electron chi connectivity index (χ3n) is 2.89. The van der Waals surface area contributed by atoms with Crippen LogP contribution < -0.4 is 9.83 Å². The predicted molar refractivity (Wildman–Crippen MR) is 88.9 cm³/mol. The van der Waals surface area contributed by atoms with E-state index in [2.05, 4.69) is 11.3 Å². The molecule has 2 aromatic rings. The SMILES string of the molecule is C=CCSc1ccccc1NS(=O)(=O)c1ccc(C(=O)[O-])cc1. The second-order valence-corrected chi connectivity index (χ2v) is 7.26. The molecule has 0 radical (unpaired) electrons. The number of carboxylic acids is 1. The van der Waals surface area contributed by atoms with Crippen LogP contribution >= 0.6 is 11.8 Å². The van der Waals surface area contributed by atoms with Crippen molar-refractivity contribution < 1.29 is 18.3 Å². The smallest absolute Gasteiger partial charge is 0.261 e. The number of carbonyl (C=O) groups is 1. The summed E-state index contributed by atoms with van der Waals surface area (Å²) in [4.78, 5) is 11.5. The molecule has 0 aliphatic carbocycles. The van der Waals surface area contributed by atoms with Crippen LogP contribution in [0.5, 0.6) is 0 Å². The zero-order chi connectivity index (χ0) is 16.9. The van der Waals surface area contributed by atoms with Gasteiger partial charge in [-0.2, -0.15) is 0 Å². The van der Waals surface area contributed by atoms with Crippen LogP contribution in [-0.2, 0) is 10.0 Å². The number of para-hydroxylation sites is 1. The highest BCUT2D eigenvalue weighted by Crippen LogP contribution is 2.28. The van der Waals surface area contributed by atoms with E-state index in [4.69, 9.17) is 0 Å². The minimum atomic E-state index is -3.81. The normalized spacial score (nSPS) is 11.0. The molecule has 0 heterocycles. The van der Waals surface area contributed by atoms with Crippen molar-refractivity contribution in [2.24, 2.45) is 0 Å². The Morgan fingerprint density at radius 2 is 1.83 bits per heavy atom. The van der Waals surface area contributed by atoms with Crippen molar-refractivity contribution in [3.63, 3.8) is 0 Å². The van der Waals surface area contributed by atoms with Crippen LogP contribution in [0, 0.1) is 0 Å². The van der Waals surface area contributed by atoms with Crippen LogP contribution in [0.25, 0.3) is 0 Å². The quantitative estimate of drug-likeness (QED) is 0.612. The molecule has 0 spiro atoms. The van der Waals surface area contributed by atoms with E-state index in [-0.39, 0.29) is 10.5 Å². The van der Waals surface area contributed by atoms with Gasteiger partial charge in [-0.25, -0.2) is 8.42 Å². The maximum absolute atomic E-state index is 12.4. The highest BCUT2D eigenvalue weighted by Gasteiger charge is 2.16. The van der Waals surface area contributed by atoms with E-state index in [9.17, 15) is 18.3 Å². The van der Waals surface area contributed by atoms with Crippen LogP contribution in [0.2, 0.25) is 0 Å². The molecule has 5 nitrogen and oxygen atoms in total. The molecule has 2 aromatic carbocycles. The lowest BCUT2D eigenvalue weighted by atomic mass is 10.2. The molecular weight excluding hydrogens is 334 g/mol. The van der Waals surface area contributed by atoms with E-state index in [1.807, 2.05) is 12.1 Å². The number of hydrogen-bond acceptors (Lipinski definition) is 5. The Labute approximate surface area is 139 Å². The largest absolute Gasteiger partial charge is 0.545 e. The fourth-order valence-electron chi connectivity index (χ4n) is 1.80. The zero-order valence-electron chi connectivity index (χ0n) is 12.1. The Balaban J connectivity index is 2.27. The van der Waals surface area contributed by atoms with Gasteiger partial charge in [-0.05, 0) is 29.8 Å². The maximum atomic E-state index is 12.4. The monoisotopic (exact) mass is 348 g/mol. The van der Waals surface area contributed by atoms with Gasteiger partial charge in [0.05, 0.1) is 16.6 Å². The van der Waals surface area contributed by atoms with Crippen LogP contribution in [-0.4, -0.2) is 20.1 Å². The summed E-state index contributed by atoms with van der Waals surface area (Å²) < 4.78 is 27.3. The lowest BCUT2D eigenvalue weighted by molar-refractivity contribution is -0.255. The Bertz CT molecular complexity index is 814. The van der Waals surface area contributed by atoms with Crippen molar-refractivity contribution in [2.75, 3.05) is 10.5 Å². The fourth-order valence-corrected chi connectivity index (χ4v) is 3.69. The van der Waals surface area contributed by atoms with Crippen molar-refractivity contribution in [2.45, 2.75) is 9.79 Å². The second kappa shape index (κ2) is 7.34. The summed E-state index contributed by atoms with van der Waals surface area (Å²) in [5.41, 5.74) is 0.384. The standard InChI is InChI=1S/C16H15NO4S2/c1-2-11-22-15-6-4-3-5-14(15)17-23(20,21)13-9-7-12(8-10-13)16(18)19/h2-10,17H,1,11H2,(H,18,19)/p-1. The third kappa shape index (κ3) is 4.37. The van der Waals surface area contributed by atoms with E-state index in [1.54, 1.807) is 18.2 Å². The molecular formula is C16H14NO4S2-. The van der Waals surface area contributed by atoms with Crippen molar-refractivity contribution in [1.29, 1.82) is 0 Å². The highest BCUT2D eigenvalue weighted by molar-refractivity contribution is 7.99. The molecule has 0 atom stereocenters. The van der Waals surface area contributed by atoms with Gasteiger partial charge in [-0.1, -0.05) is 30.3 Å². The number of aromatic carboxylic acids is 1. The maximum Gasteiger partial charge on any atom is 0.261 e. The molecule has 0 aromatic heterocycles. The molecule has 120 valence electrons. The lowest BCUT2D eigenvalue weighted by Crippen LogP contribution is -2.22. The topological polar surface area (TPSA) is 86.3 Å². The first kappa shape index (κ1) is 17.1. The summed E-state index contributed by atoms with van der Waals surface area (Å²) in [6, 6.07) is 11.9. The van der Waals surface area contributed by atoms with E-state index in [0.717, 1.165) is 4.90 Å². The average molecular weight is 348 g/mol. The Morgan fingerprint density at radius 1 is 1.17 bits per heavy atom. The molecule has 0 bridgehead atoms. The van der Waals surface area contributed by atoms with Crippen LogP contribution in [0.1, 0.15) is 10.4 Å². The van der Waals surface area contributed by atoms with E-state index in [1.165, 1.54) is 36.0 Å². The van der Waals surface area contributed by atoms with E-state index >= 15 is 0 Å². The van der Waals surface area contributed by atoms with Crippen molar-refractivity contribution in [1.82, 2.24) is 0 Å². The fraction of sp³-hybridized carbons (Fsp3) is 0.0625. The Kier molecular flexibility index (Phi) is 5.46. The summed E-state index contributed by atoms with van der Waals surface area (Å²) >= 11 is 1.46. The van der Waals surface area contributed by atoms with Crippen LogP contribution in [0.15, 0.2) is 71.0 Å². The molecule has 0 amide bonds. The summed E-state index contributed by atoms with van der Waals surface area (Å²) in [6.45, 7) is 3.64. The van der Waals surface area contributed by atoms with Gasteiger partial charge in [0.25, 0.3) is 10.0 Å². The number of benzene rings is 2. The predicted octanol–water partition coefficient (Wildman–Crippen LogP) is 2.13. The molecule has 2 rings (SSSR count). The van der Waals surface area contributed by atoms with E-state index < -0.39 is 16.0 Å². The molecule has 0 fully saturated rings. The number of hydrogen-bond donors (Lipinski definition) is 1. The van der Waals surface area contributed by atoms with Crippen molar-refractivity contribution >= 4 is 33.4 Å². The van der Waals surface area contributed by atoms with Gasteiger partial charge in [-0.15, -0.1) is 18.3 Å². The number of thioether (sulfide) groups is 1. The minimum absolute atomic E-state index is 0.0222. The van der Waals surface area contributed by atoms with Gasteiger partial charge in [0, 0.05) is 10.6 Å². The van der Waals surface area contributed by atoms with Gasteiger partial charge in [0.2, 0.25) is 0 Å². The van der Waals surface area contributed by atoms with Gasteiger partial charge >= 0.3 is 0 Å². The Morgan fingerprint density at radius 3 is 2.43 bits per heavy atom. The van der Waals surface area contributed by atoms with Gasteiger partial charge in [0.15, 0.2) is 0 Å². The Hall–Kier alpha value is -2.25. The number of rotatable bonds is 7. The second-order valence-electron chi connectivity index (χ2n) is 4.51.